The first-order valence-electron chi connectivity index (χ1n) is 5.89. The second-order valence-corrected chi connectivity index (χ2v) is 5.23. The monoisotopic (exact) mass is 222 g/mol. The van der Waals surface area contributed by atoms with Crippen molar-refractivity contribution < 1.29 is 4.39 Å². The lowest BCUT2D eigenvalue weighted by molar-refractivity contribution is 0.409. The summed E-state index contributed by atoms with van der Waals surface area (Å²) in [4.78, 5) is 3.80. The fourth-order valence-corrected chi connectivity index (χ4v) is 2.40. The van der Waals surface area contributed by atoms with Crippen molar-refractivity contribution in [2.75, 3.05) is 6.54 Å². The van der Waals surface area contributed by atoms with E-state index in [0.29, 0.717) is 11.3 Å². The number of halogens is 1. The minimum absolute atomic E-state index is 0.128. The molecule has 88 valence electrons. The molecule has 0 bridgehead atoms. The normalized spacial score (nSPS) is 24.1. The second kappa shape index (κ2) is 4.13. The largest absolute Gasteiger partial charge is 0.310 e. The van der Waals surface area contributed by atoms with Gasteiger partial charge in [-0.3, -0.25) is 4.98 Å². The van der Waals surface area contributed by atoms with E-state index in [9.17, 15) is 4.39 Å². The van der Waals surface area contributed by atoms with Crippen molar-refractivity contribution in [3.63, 3.8) is 0 Å². The first-order valence-corrected chi connectivity index (χ1v) is 5.89. The first-order chi connectivity index (χ1) is 7.56. The third-order valence-electron chi connectivity index (χ3n) is 3.55. The van der Waals surface area contributed by atoms with Crippen LogP contribution in [0.25, 0.3) is 0 Å². The Morgan fingerprint density at radius 1 is 1.62 bits per heavy atom. The van der Waals surface area contributed by atoms with E-state index in [1.165, 1.54) is 6.20 Å². The Labute approximate surface area is 96.3 Å². The minimum Gasteiger partial charge on any atom is -0.310 e. The van der Waals surface area contributed by atoms with Crippen LogP contribution >= 0.6 is 0 Å². The van der Waals surface area contributed by atoms with E-state index in [1.54, 1.807) is 12.3 Å². The van der Waals surface area contributed by atoms with Gasteiger partial charge in [0.15, 0.2) is 0 Å². The zero-order valence-electron chi connectivity index (χ0n) is 10.1. The average Bonchev–Trinajstić information content (AvgIpc) is 2.85. The number of pyridine rings is 1. The van der Waals surface area contributed by atoms with Crippen LogP contribution in [0.1, 0.15) is 38.8 Å². The van der Waals surface area contributed by atoms with Gasteiger partial charge in [-0.25, -0.2) is 4.39 Å². The van der Waals surface area contributed by atoms with Crippen LogP contribution in [0.15, 0.2) is 18.5 Å². The van der Waals surface area contributed by atoms with Crippen molar-refractivity contribution in [1.82, 2.24) is 10.3 Å². The van der Waals surface area contributed by atoms with Crippen molar-refractivity contribution in [3.8, 4) is 0 Å². The third kappa shape index (κ3) is 2.09. The molecular weight excluding hydrogens is 203 g/mol. The second-order valence-electron chi connectivity index (χ2n) is 5.23. The highest BCUT2D eigenvalue weighted by Crippen LogP contribution is 2.57. The molecule has 0 aromatic carbocycles. The average molecular weight is 222 g/mol. The van der Waals surface area contributed by atoms with Gasteiger partial charge in [-0.1, -0.05) is 20.8 Å². The van der Waals surface area contributed by atoms with Crippen molar-refractivity contribution in [1.29, 1.82) is 0 Å². The molecule has 1 saturated carbocycles. The summed E-state index contributed by atoms with van der Waals surface area (Å²) in [5.41, 5.74) is 1.09. The predicted octanol–water partition coefficient (Wildman–Crippen LogP) is 2.92. The SMILES string of the molecule is CCNC(c1ccncc1F)C1CC1(C)C. The van der Waals surface area contributed by atoms with Crippen molar-refractivity contribution in [2.24, 2.45) is 11.3 Å². The fraction of sp³-hybridized carbons (Fsp3) is 0.615. The maximum absolute atomic E-state index is 13.7. The maximum atomic E-state index is 13.7. The first kappa shape index (κ1) is 11.5. The molecule has 0 aliphatic heterocycles. The van der Waals surface area contributed by atoms with Crippen LogP contribution in [-0.2, 0) is 0 Å². The lowest BCUT2D eigenvalue weighted by Gasteiger charge is -2.20. The Balaban J connectivity index is 2.24. The van der Waals surface area contributed by atoms with E-state index < -0.39 is 0 Å². The van der Waals surface area contributed by atoms with Gasteiger partial charge in [0.05, 0.1) is 6.20 Å². The van der Waals surface area contributed by atoms with Crippen LogP contribution in [0.2, 0.25) is 0 Å². The topological polar surface area (TPSA) is 24.9 Å². The van der Waals surface area contributed by atoms with Crippen LogP contribution < -0.4 is 5.32 Å². The zero-order valence-corrected chi connectivity index (χ0v) is 10.1. The van der Waals surface area contributed by atoms with Gasteiger partial charge in [0.2, 0.25) is 0 Å². The highest BCUT2D eigenvalue weighted by atomic mass is 19.1. The Morgan fingerprint density at radius 3 is 2.81 bits per heavy atom. The molecule has 1 aromatic heterocycles. The van der Waals surface area contributed by atoms with E-state index >= 15 is 0 Å². The van der Waals surface area contributed by atoms with E-state index in [0.717, 1.165) is 18.5 Å². The van der Waals surface area contributed by atoms with Gasteiger partial charge in [-0.15, -0.1) is 0 Å². The molecule has 1 heterocycles. The highest BCUT2D eigenvalue weighted by Gasteiger charge is 2.50. The molecule has 0 spiro atoms. The third-order valence-corrected chi connectivity index (χ3v) is 3.55. The van der Waals surface area contributed by atoms with Crippen molar-refractivity contribution >= 4 is 0 Å². The Kier molecular flexibility index (Phi) is 2.98. The molecule has 1 aliphatic carbocycles. The van der Waals surface area contributed by atoms with E-state index in [2.05, 4.69) is 31.1 Å². The number of rotatable bonds is 4. The highest BCUT2D eigenvalue weighted by molar-refractivity contribution is 5.22. The molecule has 0 amide bonds. The smallest absolute Gasteiger partial charge is 0.146 e. The molecule has 0 saturated heterocycles. The summed E-state index contributed by atoms with van der Waals surface area (Å²) in [6, 6.07) is 1.92. The summed E-state index contributed by atoms with van der Waals surface area (Å²) in [5, 5.41) is 3.39. The lowest BCUT2D eigenvalue weighted by Crippen LogP contribution is -2.25. The van der Waals surface area contributed by atoms with Crippen LogP contribution in [0.4, 0.5) is 4.39 Å². The number of hydrogen-bond donors (Lipinski definition) is 1. The van der Waals surface area contributed by atoms with E-state index in [4.69, 9.17) is 0 Å². The van der Waals surface area contributed by atoms with Crippen molar-refractivity contribution in [2.45, 2.75) is 33.2 Å². The van der Waals surface area contributed by atoms with Gasteiger partial charge in [0.1, 0.15) is 5.82 Å². The molecule has 1 aromatic rings. The lowest BCUT2D eigenvalue weighted by atomic mass is 9.97. The fourth-order valence-electron chi connectivity index (χ4n) is 2.40. The summed E-state index contributed by atoms with van der Waals surface area (Å²) in [5.74, 6) is 0.334. The molecule has 2 rings (SSSR count). The van der Waals surface area contributed by atoms with Crippen LogP contribution in [-0.4, -0.2) is 11.5 Å². The molecule has 1 fully saturated rings. The van der Waals surface area contributed by atoms with Gasteiger partial charge < -0.3 is 5.32 Å². The van der Waals surface area contributed by atoms with Crippen LogP contribution in [0.5, 0.6) is 0 Å². The summed E-state index contributed by atoms with van der Waals surface area (Å²) < 4.78 is 13.7. The summed E-state index contributed by atoms with van der Waals surface area (Å²) in [6.07, 6.45) is 4.12. The Bertz CT molecular complexity index is 376. The molecule has 2 atom stereocenters. The molecular formula is C13H19FN2. The predicted molar refractivity (Wildman–Crippen MR) is 62.5 cm³/mol. The number of nitrogens with one attached hydrogen (secondary N) is 1. The minimum atomic E-state index is -0.198. The number of aromatic nitrogens is 1. The van der Waals surface area contributed by atoms with Crippen molar-refractivity contribution in [3.05, 3.63) is 29.8 Å². The standard InChI is InChI=1S/C13H19FN2/c1-4-16-12(10-7-13(10,2)3)9-5-6-15-8-11(9)14/h5-6,8,10,12,16H,4,7H2,1-3H3. The Morgan fingerprint density at radius 2 is 2.31 bits per heavy atom. The van der Waals surface area contributed by atoms with E-state index in [-0.39, 0.29) is 11.9 Å². The summed E-state index contributed by atoms with van der Waals surface area (Å²) >= 11 is 0. The molecule has 16 heavy (non-hydrogen) atoms. The molecule has 2 nitrogen and oxygen atoms in total. The van der Waals surface area contributed by atoms with Crippen LogP contribution in [0.3, 0.4) is 0 Å². The van der Waals surface area contributed by atoms with Gasteiger partial charge in [0.25, 0.3) is 0 Å². The van der Waals surface area contributed by atoms with Gasteiger partial charge in [-0.05, 0) is 30.4 Å². The number of hydrogen-bond acceptors (Lipinski definition) is 2. The molecule has 3 heteroatoms. The molecule has 0 radical (unpaired) electrons. The van der Waals surface area contributed by atoms with Gasteiger partial charge >= 0.3 is 0 Å². The summed E-state index contributed by atoms with van der Waals surface area (Å²) in [6.45, 7) is 7.39. The molecule has 1 aliphatic rings. The zero-order chi connectivity index (χ0) is 11.8. The maximum Gasteiger partial charge on any atom is 0.146 e. The van der Waals surface area contributed by atoms with Crippen LogP contribution in [0, 0.1) is 17.2 Å². The molecule has 1 N–H and O–H groups in total. The molecule has 2 unspecified atom stereocenters. The Hall–Kier alpha value is -0.960. The van der Waals surface area contributed by atoms with Gasteiger partial charge in [-0.2, -0.15) is 0 Å². The number of nitrogens with zero attached hydrogens (tertiary/aromatic N) is 1. The van der Waals surface area contributed by atoms with Gasteiger partial charge in [0, 0.05) is 17.8 Å². The quantitative estimate of drug-likeness (QED) is 0.847. The van der Waals surface area contributed by atoms with E-state index in [1.807, 2.05) is 0 Å². The summed E-state index contributed by atoms with van der Waals surface area (Å²) in [7, 11) is 0.